The summed E-state index contributed by atoms with van der Waals surface area (Å²) in [7, 11) is 1.72. The maximum atomic E-state index is 10.5. The van der Waals surface area contributed by atoms with Crippen molar-refractivity contribution in [2.45, 2.75) is 85.2 Å². The zero-order valence-electron chi connectivity index (χ0n) is 15.3. The molecule has 0 bridgehead atoms. The third-order valence-electron chi connectivity index (χ3n) is 7.11. The van der Waals surface area contributed by atoms with Gasteiger partial charge in [-0.25, -0.2) is 0 Å². The number of hydrogen-bond acceptors (Lipinski definition) is 2. The van der Waals surface area contributed by atoms with Crippen molar-refractivity contribution in [3.05, 3.63) is 11.8 Å². The van der Waals surface area contributed by atoms with Crippen LogP contribution in [0.5, 0.6) is 0 Å². The van der Waals surface area contributed by atoms with E-state index in [-0.39, 0.29) is 6.10 Å². The van der Waals surface area contributed by atoms with Crippen molar-refractivity contribution in [2.24, 2.45) is 22.7 Å². The average molecular weight is 309 g/mol. The van der Waals surface area contributed by atoms with Crippen molar-refractivity contribution < 1.29 is 9.84 Å². The first-order valence-electron chi connectivity index (χ1n) is 9.22. The topological polar surface area (TPSA) is 29.5 Å². The van der Waals surface area contributed by atoms with Gasteiger partial charge in [0.25, 0.3) is 0 Å². The molecule has 0 heterocycles. The van der Waals surface area contributed by atoms with Crippen molar-refractivity contribution in [3.8, 4) is 0 Å². The maximum Gasteiger partial charge on any atom is 0.0813 e. The molecular formula is C20H36O2. The molecule has 128 valence electrons. The summed E-state index contributed by atoms with van der Waals surface area (Å²) in [6.45, 7) is 9.49. The van der Waals surface area contributed by atoms with Crippen LogP contribution in [-0.4, -0.2) is 18.3 Å². The second-order valence-electron chi connectivity index (χ2n) is 8.48. The molecule has 2 aliphatic rings. The molecule has 0 spiro atoms. The van der Waals surface area contributed by atoms with Crippen molar-refractivity contribution >= 4 is 0 Å². The molecule has 0 radical (unpaired) electrons. The molecule has 2 heteroatoms. The van der Waals surface area contributed by atoms with Gasteiger partial charge in [0.2, 0.25) is 0 Å². The first-order chi connectivity index (χ1) is 10.4. The van der Waals surface area contributed by atoms with E-state index in [0.29, 0.717) is 22.7 Å². The quantitative estimate of drug-likeness (QED) is 0.697. The van der Waals surface area contributed by atoms with Gasteiger partial charge in [0, 0.05) is 0 Å². The lowest BCUT2D eigenvalue weighted by Gasteiger charge is -2.59. The fourth-order valence-electron chi connectivity index (χ4n) is 5.56. The SMILES string of the molecule is CCC1(C)CCCC2(C)C(CCC(C)=COC)CC(O)CC12. The molecule has 2 aliphatic carbocycles. The molecule has 2 rings (SSSR count). The first-order valence-corrected chi connectivity index (χ1v) is 9.22. The number of ether oxygens (including phenoxy) is 1. The molecule has 2 nitrogen and oxygen atoms in total. The molecule has 2 fully saturated rings. The van der Waals surface area contributed by atoms with Gasteiger partial charge < -0.3 is 9.84 Å². The summed E-state index contributed by atoms with van der Waals surface area (Å²) in [4.78, 5) is 0. The van der Waals surface area contributed by atoms with Crippen molar-refractivity contribution in [1.29, 1.82) is 0 Å². The molecule has 0 aliphatic heterocycles. The first kappa shape index (κ1) is 17.8. The number of aliphatic hydroxyl groups is 1. The maximum absolute atomic E-state index is 10.5. The minimum Gasteiger partial charge on any atom is -0.504 e. The van der Waals surface area contributed by atoms with E-state index in [4.69, 9.17) is 4.74 Å². The summed E-state index contributed by atoms with van der Waals surface area (Å²) in [5, 5.41) is 10.5. The molecule has 0 amide bonds. The fraction of sp³-hybridized carbons (Fsp3) is 0.900. The Morgan fingerprint density at radius 1 is 1.27 bits per heavy atom. The monoisotopic (exact) mass is 308 g/mol. The van der Waals surface area contributed by atoms with Gasteiger partial charge in [-0.2, -0.15) is 0 Å². The molecule has 5 atom stereocenters. The van der Waals surface area contributed by atoms with Crippen molar-refractivity contribution in [1.82, 2.24) is 0 Å². The van der Waals surface area contributed by atoms with E-state index in [9.17, 15) is 5.11 Å². The molecule has 0 aromatic carbocycles. The van der Waals surface area contributed by atoms with Crippen molar-refractivity contribution in [2.75, 3.05) is 7.11 Å². The summed E-state index contributed by atoms with van der Waals surface area (Å²) in [6, 6.07) is 0. The van der Waals surface area contributed by atoms with Gasteiger partial charge in [0.15, 0.2) is 0 Å². The lowest BCUT2D eigenvalue weighted by molar-refractivity contribution is -0.120. The summed E-state index contributed by atoms with van der Waals surface area (Å²) in [6.07, 6.45) is 11.4. The summed E-state index contributed by atoms with van der Waals surface area (Å²) < 4.78 is 5.14. The van der Waals surface area contributed by atoms with E-state index in [1.54, 1.807) is 7.11 Å². The summed E-state index contributed by atoms with van der Waals surface area (Å²) in [5.41, 5.74) is 2.15. The van der Waals surface area contributed by atoms with Crippen LogP contribution in [0.2, 0.25) is 0 Å². The fourth-order valence-corrected chi connectivity index (χ4v) is 5.56. The molecule has 22 heavy (non-hydrogen) atoms. The highest BCUT2D eigenvalue weighted by atomic mass is 16.5. The van der Waals surface area contributed by atoms with Crippen LogP contribution in [0.15, 0.2) is 11.8 Å². The Morgan fingerprint density at radius 3 is 2.64 bits per heavy atom. The van der Waals surface area contributed by atoms with E-state index in [1.165, 1.54) is 37.7 Å². The molecule has 0 saturated heterocycles. The van der Waals surface area contributed by atoms with E-state index >= 15 is 0 Å². The van der Waals surface area contributed by atoms with E-state index in [0.717, 1.165) is 19.3 Å². The second kappa shape index (κ2) is 6.95. The van der Waals surface area contributed by atoms with Crippen LogP contribution in [0.3, 0.4) is 0 Å². The molecule has 2 saturated carbocycles. The average Bonchev–Trinajstić information content (AvgIpc) is 2.47. The number of methoxy groups -OCH3 is 1. The molecule has 1 N–H and O–H groups in total. The highest BCUT2D eigenvalue weighted by Gasteiger charge is 2.54. The Hall–Kier alpha value is -0.500. The summed E-state index contributed by atoms with van der Waals surface area (Å²) in [5.74, 6) is 1.33. The lowest BCUT2D eigenvalue weighted by Crippen LogP contribution is -2.52. The zero-order chi connectivity index (χ0) is 16.4. The number of allylic oxidation sites excluding steroid dienone is 1. The minimum atomic E-state index is -0.0984. The molecule has 5 unspecified atom stereocenters. The van der Waals surface area contributed by atoms with E-state index in [2.05, 4.69) is 27.7 Å². The van der Waals surface area contributed by atoms with Gasteiger partial charge >= 0.3 is 0 Å². The predicted molar refractivity (Wildman–Crippen MR) is 92.6 cm³/mol. The molecule has 0 aromatic rings. The second-order valence-corrected chi connectivity index (χ2v) is 8.48. The number of hydrogen-bond donors (Lipinski definition) is 1. The molecule has 0 aromatic heterocycles. The van der Waals surface area contributed by atoms with Gasteiger partial charge in [0.1, 0.15) is 0 Å². The predicted octanol–water partition coefficient (Wildman–Crippen LogP) is 5.31. The smallest absolute Gasteiger partial charge is 0.0813 e. The van der Waals surface area contributed by atoms with Crippen LogP contribution in [0, 0.1) is 22.7 Å². The Kier molecular flexibility index (Phi) is 5.63. The third-order valence-corrected chi connectivity index (χ3v) is 7.11. The molecular weight excluding hydrogens is 272 g/mol. The van der Waals surface area contributed by atoms with Gasteiger partial charge in [-0.3, -0.25) is 0 Å². The van der Waals surface area contributed by atoms with Gasteiger partial charge in [-0.1, -0.05) is 33.6 Å². The normalized spacial score (nSPS) is 42.8. The number of aliphatic hydroxyl groups excluding tert-OH is 1. The third kappa shape index (κ3) is 3.37. The number of rotatable bonds is 5. The van der Waals surface area contributed by atoms with Crippen LogP contribution in [0.25, 0.3) is 0 Å². The highest BCUT2D eigenvalue weighted by Crippen LogP contribution is 2.61. The van der Waals surface area contributed by atoms with Crippen LogP contribution in [-0.2, 0) is 4.74 Å². The lowest BCUT2D eigenvalue weighted by atomic mass is 9.46. The Balaban J connectivity index is 2.17. The Morgan fingerprint density at radius 2 is 2.00 bits per heavy atom. The summed E-state index contributed by atoms with van der Waals surface area (Å²) >= 11 is 0. The van der Waals surface area contributed by atoms with Gasteiger partial charge in [-0.05, 0) is 73.7 Å². The Bertz CT molecular complexity index is 403. The Labute approximate surface area is 137 Å². The minimum absolute atomic E-state index is 0.0984. The van der Waals surface area contributed by atoms with E-state index < -0.39 is 0 Å². The van der Waals surface area contributed by atoms with Crippen LogP contribution < -0.4 is 0 Å². The van der Waals surface area contributed by atoms with E-state index in [1.807, 2.05) is 6.26 Å². The standard InChI is InChI=1S/C20H36O2/c1-6-19(3)10-7-11-20(4)16(9-8-15(2)14-22-5)12-17(21)13-18(19)20/h14,16-18,21H,6-13H2,1-5H3. The van der Waals surface area contributed by atoms with Crippen LogP contribution >= 0.6 is 0 Å². The van der Waals surface area contributed by atoms with Crippen molar-refractivity contribution in [3.63, 3.8) is 0 Å². The zero-order valence-corrected chi connectivity index (χ0v) is 15.3. The van der Waals surface area contributed by atoms with Gasteiger partial charge in [0.05, 0.1) is 19.5 Å². The van der Waals surface area contributed by atoms with Crippen LogP contribution in [0.4, 0.5) is 0 Å². The number of fused-ring (bicyclic) bond motifs is 1. The van der Waals surface area contributed by atoms with Crippen LogP contribution in [0.1, 0.15) is 79.1 Å². The highest BCUT2D eigenvalue weighted by molar-refractivity contribution is 5.05. The largest absolute Gasteiger partial charge is 0.504 e. The van der Waals surface area contributed by atoms with Gasteiger partial charge in [-0.15, -0.1) is 0 Å².